The highest BCUT2D eigenvalue weighted by atomic mass is 16.1. The maximum atomic E-state index is 11.9. The number of nitrogens with one attached hydrogen (secondary N) is 1. The molecule has 104 valence electrons. The van der Waals surface area contributed by atoms with Crippen LogP contribution < -0.4 is 5.32 Å². The van der Waals surface area contributed by atoms with E-state index < -0.39 is 0 Å². The highest BCUT2D eigenvalue weighted by molar-refractivity contribution is 5.94. The molecule has 1 aromatic carbocycles. The number of amides is 1. The third kappa shape index (κ3) is 2.90. The first kappa shape index (κ1) is 12.9. The molecule has 1 heterocycles. The molecule has 0 spiro atoms. The Morgan fingerprint density at radius 1 is 1.30 bits per heavy atom. The summed E-state index contributed by atoms with van der Waals surface area (Å²) in [5.41, 5.74) is 4.06. The fourth-order valence-corrected chi connectivity index (χ4v) is 2.27. The molecular weight excluding hydrogens is 250 g/mol. The van der Waals surface area contributed by atoms with Gasteiger partial charge in [-0.05, 0) is 50.5 Å². The Morgan fingerprint density at radius 2 is 2.00 bits per heavy atom. The second-order valence-electron chi connectivity index (χ2n) is 5.53. The molecule has 0 aliphatic heterocycles. The number of hydrogen-bond acceptors (Lipinski definition) is 2. The summed E-state index contributed by atoms with van der Waals surface area (Å²) in [5, 5.41) is 7.44. The van der Waals surface area contributed by atoms with Crippen molar-refractivity contribution in [3.63, 3.8) is 0 Å². The molecule has 3 rings (SSSR count). The van der Waals surface area contributed by atoms with E-state index in [1.54, 1.807) is 0 Å². The predicted molar refractivity (Wildman–Crippen MR) is 77.7 cm³/mol. The molecule has 4 heteroatoms. The average molecular weight is 269 g/mol. The minimum atomic E-state index is 0.0326. The number of carbonyl (C=O) groups excluding carboxylic acids is 1. The quantitative estimate of drug-likeness (QED) is 0.926. The van der Waals surface area contributed by atoms with E-state index in [1.165, 1.54) is 0 Å². The Bertz CT molecular complexity index is 624. The lowest BCUT2D eigenvalue weighted by molar-refractivity contribution is 0.0951. The maximum absolute atomic E-state index is 11.9. The van der Waals surface area contributed by atoms with Crippen LogP contribution in [0.4, 0.5) is 0 Å². The molecule has 1 N–H and O–H groups in total. The smallest absolute Gasteiger partial charge is 0.251 e. The number of nitrogens with zero attached hydrogens (tertiary/aromatic N) is 2. The van der Waals surface area contributed by atoms with Gasteiger partial charge in [-0.15, -0.1) is 0 Å². The standard InChI is InChI=1S/C16H19N3O/c1-11-9-12(2)19(18-11)10-13-3-5-14(6-4-13)16(20)17-15-7-8-15/h3-6,9,15H,7-8,10H2,1-2H3,(H,17,20). The van der Waals surface area contributed by atoms with Crippen molar-refractivity contribution in [1.82, 2.24) is 15.1 Å². The topological polar surface area (TPSA) is 46.9 Å². The molecule has 1 amide bonds. The van der Waals surface area contributed by atoms with Gasteiger partial charge < -0.3 is 5.32 Å². The van der Waals surface area contributed by atoms with Gasteiger partial charge in [-0.3, -0.25) is 9.48 Å². The fourth-order valence-electron chi connectivity index (χ4n) is 2.27. The van der Waals surface area contributed by atoms with Gasteiger partial charge in [0.2, 0.25) is 0 Å². The van der Waals surface area contributed by atoms with Crippen molar-refractivity contribution in [1.29, 1.82) is 0 Å². The molecule has 1 saturated carbocycles. The molecule has 20 heavy (non-hydrogen) atoms. The first-order chi connectivity index (χ1) is 9.61. The molecule has 1 aliphatic carbocycles. The highest BCUT2D eigenvalue weighted by Crippen LogP contribution is 2.19. The maximum Gasteiger partial charge on any atom is 0.251 e. The Labute approximate surface area is 118 Å². The van der Waals surface area contributed by atoms with Crippen molar-refractivity contribution >= 4 is 5.91 Å². The van der Waals surface area contributed by atoms with Crippen molar-refractivity contribution in [3.8, 4) is 0 Å². The number of aryl methyl sites for hydroxylation is 2. The molecular formula is C16H19N3O. The van der Waals surface area contributed by atoms with E-state index in [1.807, 2.05) is 35.9 Å². The van der Waals surface area contributed by atoms with Crippen LogP contribution in [0.3, 0.4) is 0 Å². The van der Waals surface area contributed by atoms with Crippen LogP contribution >= 0.6 is 0 Å². The lowest BCUT2D eigenvalue weighted by atomic mass is 10.1. The zero-order valence-electron chi connectivity index (χ0n) is 11.9. The van der Waals surface area contributed by atoms with E-state index in [4.69, 9.17) is 0 Å². The Kier molecular flexibility index (Phi) is 3.30. The fraction of sp³-hybridized carbons (Fsp3) is 0.375. The van der Waals surface area contributed by atoms with Crippen LogP contribution in [0.1, 0.15) is 40.2 Å². The normalized spacial score (nSPS) is 14.3. The summed E-state index contributed by atoms with van der Waals surface area (Å²) in [4.78, 5) is 11.9. The van der Waals surface area contributed by atoms with Gasteiger partial charge in [0, 0.05) is 17.3 Å². The van der Waals surface area contributed by atoms with Crippen LogP contribution in [0, 0.1) is 13.8 Å². The summed E-state index contributed by atoms with van der Waals surface area (Å²) in [5.74, 6) is 0.0326. The van der Waals surface area contributed by atoms with Crippen LogP contribution in [0.15, 0.2) is 30.3 Å². The van der Waals surface area contributed by atoms with Crippen molar-refractivity contribution in [2.75, 3.05) is 0 Å². The SMILES string of the molecule is Cc1cc(C)n(Cc2ccc(C(=O)NC3CC3)cc2)n1. The number of benzene rings is 1. The zero-order valence-corrected chi connectivity index (χ0v) is 11.9. The summed E-state index contributed by atoms with van der Waals surface area (Å²) < 4.78 is 1.98. The van der Waals surface area contributed by atoms with Crippen molar-refractivity contribution in [2.45, 2.75) is 39.3 Å². The van der Waals surface area contributed by atoms with E-state index in [2.05, 4.69) is 23.4 Å². The van der Waals surface area contributed by atoms with Crippen LogP contribution in [0.5, 0.6) is 0 Å². The molecule has 1 fully saturated rings. The average Bonchev–Trinajstić information content (AvgIpc) is 3.16. The Balaban J connectivity index is 1.69. The largest absolute Gasteiger partial charge is 0.349 e. The molecule has 2 aromatic rings. The van der Waals surface area contributed by atoms with Crippen molar-refractivity contribution in [3.05, 3.63) is 52.8 Å². The van der Waals surface area contributed by atoms with E-state index in [0.717, 1.165) is 41.9 Å². The minimum Gasteiger partial charge on any atom is -0.349 e. The molecule has 0 atom stereocenters. The van der Waals surface area contributed by atoms with Gasteiger partial charge in [-0.2, -0.15) is 5.10 Å². The van der Waals surface area contributed by atoms with Crippen molar-refractivity contribution in [2.24, 2.45) is 0 Å². The molecule has 0 unspecified atom stereocenters. The molecule has 1 aromatic heterocycles. The van der Waals surface area contributed by atoms with Crippen LogP contribution in [-0.2, 0) is 6.54 Å². The Morgan fingerprint density at radius 3 is 2.55 bits per heavy atom. The third-order valence-electron chi connectivity index (χ3n) is 3.56. The second kappa shape index (κ2) is 5.12. The van der Waals surface area contributed by atoms with E-state index >= 15 is 0 Å². The first-order valence-corrected chi connectivity index (χ1v) is 7.03. The van der Waals surface area contributed by atoms with Gasteiger partial charge in [-0.25, -0.2) is 0 Å². The van der Waals surface area contributed by atoms with E-state index in [9.17, 15) is 4.79 Å². The summed E-state index contributed by atoms with van der Waals surface area (Å²) in [7, 11) is 0. The molecule has 0 saturated heterocycles. The van der Waals surface area contributed by atoms with Gasteiger partial charge in [-0.1, -0.05) is 12.1 Å². The van der Waals surface area contributed by atoms with E-state index in [-0.39, 0.29) is 5.91 Å². The van der Waals surface area contributed by atoms with Crippen LogP contribution in [0.2, 0.25) is 0 Å². The third-order valence-corrected chi connectivity index (χ3v) is 3.56. The van der Waals surface area contributed by atoms with Gasteiger partial charge in [0.15, 0.2) is 0 Å². The molecule has 4 nitrogen and oxygen atoms in total. The van der Waals surface area contributed by atoms with Crippen LogP contribution in [-0.4, -0.2) is 21.7 Å². The number of rotatable bonds is 4. The Hall–Kier alpha value is -2.10. The molecule has 0 bridgehead atoms. The highest BCUT2D eigenvalue weighted by Gasteiger charge is 2.23. The lowest BCUT2D eigenvalue weighted by Crippen LogP contribution is -2.25. The van der Waals surface area contributed by atoms with Crippen LogP contribution in [0.25, 0.3) is 0 Å². The number of aromatic nitrogens is 2. The van der Waals surface area contributed by atoms with Gasteiger partial charge in [0.25, 0.3) is 5.91 Å². The van der Waals surface area contributed by atoms with E-state index in [0.29, 0.717) is 6.04 Å². The van der Waals surface area contributed by atoms with Gasteiger partial charge in [0.1, 0.15) is 0 Å². The number of hydrogen-bond donors (Lipinski definition) is 1. The van der Waals surface area contributed by atoms with Gasteiger partial charge in [0.05, 0.1) is 12.2 Å². The predicted octanol–water partition coefficient (Wildman–Crippen LogP) is 2.44. The summed E-state index contributed by atoms with van der Waals surface area (Å²) in [6.07, 6.45) is 2.23. The molecule has 1 aliphatic rings. The molecule has 0 radical (unpaired) electrons. The minimum absolute atomic E-state index is 0.0326. The number of carbonyl (C=O) groups is 1. The van der Waals surface area contributed by atoms with Gasteiger partial charge >= 0.3 is 0 Å². The summed E-state index contributed by atoms with van der Waals surface area (Å²) in [6.45, 7) is 4.79. The zero-order chi connectivity index (χ0) is 14.1. The lowest BCUT2D eigenvalue weighted by Gasteiger charge is -2.07. The monoisotopic (exact) mass is 269 g/mol. The summed E-state index contributed by atoms with van der Waals surface area (Å²) in [6, 6.07) is 10.2. The second-order valence-corrected chi connectivity index (χ2v) is 5.53. The van der Waals surface area contributed by atoms with Crippen molar-refractivity contribution < 1.29 is 4.79 Å². The first-order valence-electron chi connectivity index (χ1n) is 7.03. The summed E-state index contributed by atoms with van der Waals surface area (Å²) >= 11 is 0.